The molecule has 4 heteroatoms. The summed E-state index contributed by atoms with van der Waals surface area (Å²) < 4.78 is 2.17. The molecular weight excluding hydrogens is 238 g/mol. The van der Waals surface area contributed by atoms with Gasteiger partial charge in [-0.05, 0) is 57.3 Å². The van der Waals surface area contributed by atoms with E-state index in [0.29, 0.717) is 6.04 Å². The number of nitrogens with one attached hydrogen (secondary N) is 1. The van der Waals surface area contributed by atoms with Gasteiger partial charge in [-0.1, -0.05) is 0 Å². The molecule has 1 saturated heterocycles. The summed E-state index contributed by atoms with van der Waals surface area (Å²) in [5.41, 5.74) is 0.884. The van der Waals surface area contributed by atoms with Gasteiger partial charge in [-0.25, -0.2) is 0 Å². The van der Waals surface area contributed by atoms with Crippen molar-refractivity contribution in [2.75, 3.05) is 26.7 Å². The monoisotopic (exact) mass is 261 g/mol. The highest BCUT2D eigenvalue weighted by molar-refractivity contribution is 5.93. The van der Waals surface area contributed by atoms with Crippen LogP contribution in [0, 0.1) is 5.92 Å². The lowest BCUT2D eigenvalue weighted by molar-refractivity contribution is 0.0680. The summed E-state index contributed by atoms with van der Waals surface area (Å²) in [6.07, 6.45) is 6.74. The molecule has 104 valence electrons. The summed E-state index contributed by atoms with van der Waals surface area (Å²) in [6.45, 7) is 2.88. The number of carbonyl (C=O) groups is 1. The average Bonchev–Trinajstić information content (AvgIpc) is 3.17. The van der Waals surface area contributed by atoms with Crippen molar-refractivity contribution in [2.45, 2.75) is 31.7 Å². The Morgan fingerprint density at radius 2 is 2.05 bits per heavy atom. The molecule has 1 aromatic heterocycles. The van der Waals surface area contributed by atoms with E-state index in [0.717, 1.165) is 44.1 Å². The summed E-state index contributed by atoms with van der Waals surface area (Å²) >= 11 is 0. The molecule has 1 aliphatic heterocycles. The van der Waals surface area contributed by atoms with Crippen molar-refractivity contribution in [3.63, 3.8) is 0 Å². The van der Waals surface area contributed by atoms with E-state index < -0.39 is 0 Å². The van der Waals surface area contributed by atoms with Crippen molar-refractivity contribution in [3.8, 4) is 0 Å². The van der Waals surface area contributed by atoms with E-state index in [1.807, 2.05) is 24.1 Å². The van der Waals surface area contributed by atoms with Gasteiger partial charge in [0, 0.05) is 25.3 Å². The van der Waals surface area contributed by atoms with Crippen LogP contribution in [0.25, 0.3) is 0 Å². The third kappa shape index (κ3) is 2.68. The van der Waals surface area contributed by atoms with Gasteiger partial charge in [0.25, 0.3) is 5.91 Å². The zero-order valence-corrected chi connectivity index (χ0v) is 11.6. The van der Waals surface area contributed by atoms with Crippen LogP contribution in [0.2, 0.25) is 0 Å². The number of carbonyl (C=O) groups excluding carboxylic acids is 1. The minimum Gasteiger partial charge on any atom is -0.340 e. The molecule has 0 atom stereocenters. The first-order valence-electron chi connectivity index (χ1n) is 7.40. The Morgan fingerprint density at radius 3 is 2.68 bits per heavy atom. The van der Waals surface area contributed by atoms with E-state index in [4.69, 9.17) is 0 Å². The first-order chi connectivity index (χ1) is 9.29. The first kappa shape index (κ1) is 12.7. The summed E-state index contributed by atoms with van der Waals surface area (Å²) in [4.78, 5) is 14.6. The third-order valence-electron chi connectivity index (χ3n) is 4.33. The lowest BCUT2D eigenvalue weighted by Gasteiger charge is -2.32. The Bertz CT molecular complexity index is 442. The molecule has 2 aliphatic rings. The highest BCUT2D eigenvalue weighted by Gasteiger charge is 2.29. The van der Waals surface area contributed by atoms with Gasteiger partial charge in [0.15, 0.2) is 0 Å². The van der Waals surface area contributed by atoms with Gasteiger partial charge >= 0.3 is 0 Å². The second kappa shape index (κ2) is 5.37. The van der Waals surface area contributed by atoms with Gasteiger partial charge < -0.3 is 14.8 Å². The minimum atomic E-state index is 0.222. The molecule has 1 aliphatic carbocycles. The minimum absolute atomic E-state index is 0.222. The fourth-order valence-electron chi connectivity index (χ4n) is 3.04. The second-order valence-corrected chi connectivity index (χ2v) is 5.83. The fraction of sp³-hybridized carbons (Fsp3) is 0.667. The predicted octanol–water partition coefficient (Wildman–Crippen LogP) is 1.89. The van der Waals surface area contributed by atoms with Crippen LogP contribution in [0.5, 0.6) is 0 Å². The summed E-state index contributed by atoms with van der Waals surface area (Å²) in [6, 6.07) is 4.55. The molecule has 1 N–H and O–H groups in total. The Kier molecular flexibility index (Phi) is 3.60. The predicted molar refractivity (Wildman–Crippen MR) is 75.3 cm³/mol. The normalized spacial score (nSPS) is 20.8. The molecule has 0 unspecified atom stereocenters. The number of hydrogen-bond donors (Lipinski definition) is 1. The van der Waals surface area contributed by atoms with Crippen LogP contribution in [0.15, 0.2) is 18.3 Å². The van der Waals surface area contributed by atoms with Crippen LogP contribution in [0.3, 0.4) is 0 Å². The molecule has 2 fully saturated rings. The largest absolute Gasteiger partial charge is 0.340 e. The number of hydrogen-bond acceptors (Lipinski definition) is 2. The molecule has 0 spiro atoms. The van der Waals surface area contributed by atoms with E-state index in [-0.39, 0.29) is 5.91 Å². The maximum Gasteiger partial charge on any atom is 0.270 e. The van der Waals surface area contributed by atoms with E-state index in [1.54, 1.807) is 0 Å². The average molecular weight is 261 g/mol. The van der Waals surface area contributed by atoms with Gasteiger partial charge in [0.2, 0.25) is 0 Å². The van der Waals surface area contributed by atoms with Gasteiger partial charge in [0.05, 0.1) is 0 Å². The van der Waals surface area contributed by atoms with Crippen molar-refractivity contribution < 1.29 is 4.79 Å². The Balaban J connectivity index is 1.63. The van der Waals surface area contributed by atoms with Crippen molar-refractivity contribution in [3.05, 3.63) is 24.0 Å². The molecule has 0 bridgehead atoms. The SMILES string of the molecule is CNCC1CCN(C(=O)c2cccn2C2CC2)CC1. The fourth-order valence-corrected chi connectivity index (χ4v) is 3.04. The molecular formula is C15H23N3O. The van der Waals surface area contributed by atoms with Gasteiger partial charge in [0.1, 0.15) is 5.69 Å². The summed E-state index contributed by atoms with van der Waals surface area (Å²) in [7, 11) is 2.00. The number of amides is 1. The van der Waals surface area contributed by atoms with Gasteiger partial charge in [-0.3, -0.25) is 4.79 Å². The Labute approximate surface area is 114 Å². The van der Waals surface area contributed by atoms with Crippen molar-refractivity contribution in [1.82, 2.24) is 14.8 Å². The van der Waals surface area contributed by atoms with Crippen LogP contribution in [0.4, 0.5) is 0 Å². The van der Waals surface area contributed by atoms with Crippen molar-refractivity contribution in [1.29, 1.82) is 0 Å². The molecule has 1 amide bonds. The maximum atomic E-state index is 12.6. The molecule has 0 aromatic carbocycles. The smallest absolute Gasteiger partial charge is 0.270 e. The van der Waals surface area contributed by atoms with Gasteiger partial charge in [-0.2, -0.15) is 0 Å². The molecule has 4 nitrogen and oxygen atoms in total. The third-order valence-corrected chi connectivity index (χ3v) is 4.33. The number of likely N-dealkylation sites (tertiary alicyclic amines) is 1. The lowest BCUT2D eigenvalue weighted by Crippen LogP contribution is -2.41. The zero-order chi connectivity index (χ0) is 13.2. The molecule has 3 rings (SSSR count). The second-order valence-electron chi connectivity index (χ2n) is 5.83. The maximum absolute atomic E-state index is 12.6. The molecule has 1 aromatic rings. The van der Waals surface area contributed by atoms with Crippen LogP contribution in [-0.2, 0) is 0 Å². The molecule has 0 radical (unpaired) electrons. The Morgan fingerprint density at radius 1 is 1.32 bits per heavy atom. The number of aromatic nitrogens is 1. The first-order valence-corrected chi connectivity index (χ1v) is 7.40. The van der Waals surface area contributed by atoms with Crippen molar-refractivity contribution >= 4 is 5.91 Å². The standard InChI is InChI=1S/C15H23N3O/c1-16-11-12-6-9-17(10-7-12)15(19)14-3-2-8-18(14)13-4-5-13/h2-3,8,12-13,16H,4-7,9-11H2,1H3. The summed E-state index contributed by atoms with van der Waals surface area (Å²) in [5, 5.41) is 3.23. The highest BCUT2D eigenvalue weighted by atomic mass is 16.2. The van der Waals surface area contributed by atoms with E-state index >= 15 is 0 Å². The number of nitrogens with zero attached hydrogens (tertiary/aromatic N) is 2. The molecule has 2 heterocycles. The number of rotatable bonds is 4. The van der Waals surface area contributed by atoms with Crippen LogP contribution in [0.1, 0.15) is 42.2 Å². The van der Waals surface area contributed by atoms with E-state index in [1.165, 1.54) is 12.8 Å². The Hall–Kier alpha value is -1.29. The number of piperidine rings is 1. The zero-order valence-electron chi connectivity index (χ0n) is 11.6. The van der Waals surface area contributed by atoms with Crippen molar-refractivity contribution in [2.24, 2.45) is 5.92 Å². The van der Waals surface area contributed by atoms with Gasteiger partial charge in [-0.15, -0.1) is 0 Å². The van der Waals surface area contributed by atoms with E-state index in [2.05, 4.69) is 16.1 Å². The highest BCUT2D eigenvalue weighted by Crippen LogP contribution is 2.36. The molecule has 19 heavy (non-hydrogen) atoms. The molecule has 1 saturated carbocycles. The van der Waals surface area contributed by atoms with Crippen LogP contribution in [-0.4, -0.2) is 42.1 Å². The summed E-state index contributed by atoms with van der Waals surface area (Å²) in [5.74, 6) is 0.948. The lowest BCUT2D eigenvalue weighted by atomic mass is 9.96. The topological polar surface area (TPSA) is 37.3 Å². The van der Waals surface area contributed by atoms with Crippen LogP contribution < -0.4 is 5.32 Å². The van der Waals surface area contributed by atoms with E-state index in [9.17, 15) is 4.79 Å². The van der Waals surface area contributed by atoms with Crippen LogP contribution >= 0.6 is 0 Å². The quantitative estimate of drug-likeness (QED) is 0.898.